The second-order valence-corrected chi connectivity index (χ2v) is 8.67. The van der Waals surface area contributed by atoms with Gasteiger partial charge in [-0.15, -0.1) is 0 Å². The maximum absolute atomic E-state index is 5.63. The summed E-state index contributed by atoms with van der Waals surface area (Å²) in [5, 5.41) is 3.37. The first-order chi connectivity index (χ1) is 14.5. The Morgan fingerprint density at radius 1 is 1.10 bits per heavy atom. The lowest BCUT2D eigenvalue weighted by molar-refractivity contribution is 0.0680. The number of pyridine rings is 1. The highest BCUT2D eigenvalue weighted by molar-refractivity contribution is 5.79. The molecule has 3 aromatic heterocycles. The summed E-state index contributed by atoms with van der Waals surface area (Å²) in [5.41, 5.74) is 1.99. The van der Waals surface area contributed by atoms with Gasteiger partial charge in [-0.05, 0) is 52.5 Å². The van der Waals surface area contributed by atoms with E-state index in [1.165, 1.54) is 12.8 Å². The minimum Gasteiger partial charge on any atom is -0.381 e. The molecule has 5 rings (SSSR count). The van der Waals surface area contributed by atoms with Crippen molar-refractivity contribution in [1.82, 2.24) is 24.5 Å². The molecular formula is C22H29N7O. The van der Waals surface area contributed by atoms with Gasteiger partial charge < -0.3 is 19.5 Å². The normalized spacial score (nSPS) is 23.5. The topological polar surface area (TPSA) is 81.0 Å². The molecule has 2 unspecified atom stereocenters. The minimum absolute atomic E-state index is 0.335. The molecule has 30 heavy (non-hydrogen) atoms. The van der Waals surface area contributed by atoms with Crippen LogP contribution in [0.1, 0.15) is 51.4 Å². The fraction of sp³-hybridized carbons (Fsp3) is 0.545. The smallest absolute Gasteiger partial charge is 0.227 e. The number of aryl methyl sites for hydroxylation is 1. The van der Waals surface area contributed by atoms with Crippen molar-refractivity contribution in [3.63, 3.8) is 0 Å². The predicted octanol–water partition coefficient (Wildman–Crippen LogP) is 4.00. The monoisotopic (exact) mass is 407 g/mol. The van der Waals surface area contributed by atoms with Crippen molar-refractivity contribution in [1.29, 1.82) is 0 Å². The van der Waals surface area contributed by atoms with E-state index in [9.17, 15) is 0 Å². The van der Waals surface area contributed by atoms with E-state index >= 15 is 0 Å². The number of piperidine rings is 1. The number of ether oxygens (including phenoxy) is 1. The van der Waals surface area contributed by atoms with Crippen molar-refractivity contribution in [2.75, 3.05) is 17.3 Å². The van der Waals surface area contributed by atoms with E-state index in [1.807, 2.05) is 38.6 Å². The molecule has 0 spiro atoms. The summed E-state index contributed by atoms with van der Waals surface area (Å²) in [7, 11) is 1.82. The second kappa shape index (κ2) is 7.50. The van der Waals surface area contributed by atoms with Crippen LogP contribution in [-0.2, 0) is 4.74 Å². The minimum atomic E-state index is 0.335. The average molecular weight is 408 g/mol. The van der Waals surface area contributed by atoms with Crippen LogP contribution < -0.4 is 10.2 Å². The summed E-state index contributed by atoms with van der Waals surface area (Å²) < 4.78 is 7.85. The Morgan fingerprint density at radius 3 is 2.57 bits per heavy atom. The van der Waals surface area contributed by atoms with Gasteiger partial charge in [-0.1, -0.05) is 0 Å². The molecule has 5 heterocycles. The van der Waals surface area contributed by atoms with Crippen molar-refractivity contribution in [3.8, 4) is 0 Å². The average Bonchev–Trinajstić information content (AvgIpc) is 3.20. The Kier molecular flexibility index (Phi) is 4.81. The van der Waals surface area contributed by atoms with Gasteiger partial charge in [0.25, 0.3) is 0 Å². The Hall–Kier alpha value is -2.74. The lowest BCUT2D eigenvalue weighted by atomic mass is 10.0. The van der Waals surface area contributed by atoms with Crippen LogP contribution in [-0.4, -0.2) is 49.8 Å². The standard InChI is InChI=1S/C22H29N7O/c1-13(2)28-14(3)25-18-12-24-21(11-19(18)28)26-20-7-8-23-22(27-20)29-15-5-6-16(29)10-17(9-15)30-4/h7-8,11-13,15-17H,5-6,9-10H2,1-4H3,(H,23,24,26,27). The largest absolute Gasteiger partial charge is 0.381 e. The summed E-state index contributed by atoms with van der Waals surface area (Å²) in [6, 6.07) is 5.19. The summed E-state index contributed by atoms with van der Waals surface area (Å²) in [6.07, 6.45) is 8.46. The molecule has 2 saturated heterocycles. The number of rotatable bonds is 5. The zero-order chi connectivity index (χ0) is 20.8. The first kappa shape index (κ1) is 19.2. The van der Waals surface area contributed by atoms with Gasteiger partial charge in [0.05, 0.1) is 17.8 Å². The van der Waals surface area contributed by atoms with Crippen LogP contribution in [0.15, 0.2) is 24.5 Å². The molecule has 8 heteroatoms. The van der Waals surface area contributed by atoms with Crippen LogP contribution >= 0.6 is 0 Å². The number of aromatic nitrogens is 5. The van der Waals surface area contributed by atoms with E-state index < -0.39 is 0 Å². The molecule has 2 atom stereocenters. The number of hydrogen-bond acceptors (Lipinski definition) is 7. The lowest BCUT2D eigenvalue weighted by Gasteiger charge is -2.38. The number of hydrogen-bond donors (Lipinski definition) is 1. The number of anilines is 3. The van der Waals surface area contributed by atoms with Crippen molar-refractivity contribution in [2.45, 2.75) is 70.7 Å². The molecule has 2 aliphatic heterocycles. The molecule has 8 nitrogen and oxygen atoms in total. The zero-order valence-corrected chi connectivity index (χ0v) is 18.0. The molecule has 2 bridgehead atoms. The van der Waals surface area contributed by atoms with E-state index in [2.05, 4.69) is 43.6 Å². The fourth-order valence-corrected chi connectivity index (χ4v) is 5.16. The molecule has 2 fully saturated rings. The first-order valence-electron chi connectivity index (χ1n) is 10.8. The molecule has 0 aliphatic carbocycles. The molecule has 0 saturated carbocycles. The first-order valence-corrected chi connectivity index (χ1v) is 10.8. The molecule has 0 amide bonds. The number of imidazole rings is 1. The van der Waals surface area contributed by atoms with Crippen molar-refractivity contribution >= 4 is 28.6 Å². The summed E-state index contributed by atoms with van der Waals surface area (Å²) in [4.78, 5) is 21.0. The second-order valence-electron chi connectivity index (χ2n) is 8.67. The van der Waals surface area contributed by atoms with Gasteiger partial charge in [0, 0.05) is 37.5 Å². The van der Waals surface area contributed by atoms with Gasteiger partial charge in [-0.2, -0.15) is 4.98 Å². The van der Waals surface area contributed by atoms with Crippen molar-refractivity contribution < 1.29 is 4.74 Å². The molecular weight excluding hydrogens is 378 g/mol. The van der Waals surface area contributed by atoms with Gasteiger partial charge in [0.1, 0.15) is 23.0 Å². The van der Waals surface area contributed by atoms with Crippen molar-refractivity contribution in [3.05, 3.63) is 30.4 Å². The number of nitrogens with zero attached hydrogens (tertiary/aromatic N) is 6. The van der Waals surface area contributed by atoms with Gasteiger partial charge in [0.15, 0.2) is 0 Å². The molecule has 1 N–H and O–H groups in total. The van der Waals surface area contributed by atoms with Gasteiger partial charge in [-0.3, -0.25) is 0 Å². The van der Waals surface area contributed by atoms with E-state index in [4.69, 9.17) is 9.72 Å². The Labute approximate surface area is 176 Å². The van der Waals surface area contributed by atoms with Crippen LogP contribution in [0.5, 0.6) is 0 Å². The maximum atomic E-state index is 5.63. The Bertz CT molecular complexity index is 1050. The highest BCUT2D eigenvalue weighted by Gasteiger charge is 2.42. The zero-order valence-electron chi connectivity index (χ0n) is 18.0. The molecule has 0 aromatic carbocycles. The Morgan fingerprint density at radius 2 is 1.87 bits per heavy atom. The highest BCUT2D eigenvalue weighted by Crippen LogP contribution is 2.39. The van der Waals surface area contributed by atoms with Crippen LogP contribution in [0.25, 0.3) is 11.0 Å². The number of nitrogens with one attached hydrogen (secondary N) is 1. The molecule has 0 radical (unpaired) electrons. The molecule has 2 aliphatic rings. The van der Waals surface area contributed by atoms with E-state index in [0.29, 0.717) is 24.2 Å². The maximum Gasteiger partial charge on any atom is 0.227 e. The third kappa shape index (κ3) is 3.29. The van der Waals surface area contributed by atoms with Gasteiger partial charge in [-0.25, -0.2) is 15.0 Å². The molecule has 158 valence electrons. The highest BCUT2D eigenvalue weighted by atomic mass is 16.5. The third-order valence-electron chi connectivity index (χ3n) is 6.42. The van der Waals surface area contributed by atoms with Crippen LogP contribution in [0.4, 0.5) is 17.6 Å². The van der Waals surface area contributed by atoms with Crippen LogP contribution in [0, 0.1) is 6.92 Å². The summed E-state index contributed by atoms with van der Waals surface area (Å²) in [5.74, 6) is 3.31. The van der Waals surface area contributed by atoms with E-state index in [1.54, 1.807) is 0 Å². The predicted molar refractivity (Wildman–Crippen MR) is 117 cm³/mol. The summed E-state index contributed by atoms with van der Waals surface area (Å²) >= 11 is 0. The van der Waals surface area contributed by atoms with Crippen molar-refractivity contribution in [2.24, 2.45) is 0 Å². The fourth-order valence-electron chi connectivity index (χ4n) is 5.16. The number of fused-ring (bicyclic) bond motifs is 3. The lowest BCUT2D eigenvalue weighted by Crippen LogP contribution is -2.46. The SMILES string of the molecule is COC1CC2CCC(C1)N2c1nccc(Nc2cc3c(cn2)nc(C)n3C(C)C)n1. The quantitative estimate of drug-likeness (QED) is 0.684. The van der Waals surface area contributed by atoms with Crippen LogP contribution in [0.2, 0.25) is 0 Å². The summed E-state index contributed by atoms with van der Waals surface area (Å²) in [6.45, 7) is 6.36. The molecule has 3 aromatic rings. The van der Waals surface area contributed by atoms with E-state index in [0.717, 1.165) is 47.3 Å². The van der Waals surface area contributed by atoms with Gasteiger partial charge in [0.2, 0.25) is 5.95 Å². The Balaban J connectivity index is 1.41. The van der Waals surface area contributed by atoms with Crippen LogP contribution in [0.3, 0.4) is 0 Å². The third-order valence-corrected chi connectivity index (χ3v) is 6.42. The number of methoxy groups -OCH3 is 1. The van der Waals surface area contributed by atoms with Gasteiger partial charge >= 0.3 is 0 Å². The van der Waals surface area contributed by atoms with E-state index in [-0.39, 0.29) is 0 Å².